The number of benzene rings is 1. The zero-order valence-corrected chi connectivity index (χ0v) is 15.7. The zero-order chi connectivity index (χ0) is 18.6. The number of ether oxygens (including phenoxy) is 1. The van der Waals surface area contributed by atoms with Gasteiger partial charge in [0.2, 0.25) is 0 Å². The van der Waals surface area contributed by atoms with Crippen LogP contribution in [0.2, 0.25) is 0 Å². The Hall–Kier alpha value is -2.47. The van der Waals surface area contributed by atoms with E-state index in [0.29, 0.717) is 18.7 Å². The van der Waals surface area contributed by atoms with Gasteiger partial charge in [0.25, 0.3) is 0 Å². The van der Waals surface area contributed by atoms with Crippen molar-refractivity contribution in [2.24, 2.45) is 0 Å². The Labute approximate surface area is 159 Å². The van der Waals surface area contributed by atoms with E-state index >= 15 is 0 Å². The minimum absolute atomic E-state index is 0.136. The van der Waals surface area contributed by atoms with Crippen molar-refractivity contribution in [3.63, 3.8) is 0 Å². The molecule has 0 spiro atoms. The van der Waals surface area contributed by atoms with Gasteiger partial charge in [-0.3, -0.25) is 4.90 Å². The molecule has 2 aliphatic heterocycles. The summed E-state index contributed by atoms with van der Waals surface area (Å²) in [5.41, 5.74) is 0.772. The largest absolute Gasteiger partial charge is 0.494 e. The second-order valence-corrected chi connectivity index (χ2v) is 7.36. The summed E-state index contributed by atoms with van der Waals surface area (Å²) in [5.74, 6) is 1.83. The highest BCUT2D eigenvalue weighted by molar-refractivity contribution is 5.89. The van der Waals surface area contributed by atoms with Crippen molar-refractivity contribution in [2.45, 2.75) is 57.3 Å². The predicted octanol–water partition coefficient (Wildman–Crippen LogP) is 4.00. The molecule has 1 aromatic heterocycles. The molecule has 3 heterocycles. The van der Waals surface area contributed by atoms with Crippen LogP contribution in [0.3, 0.4) is 0 Å². The van der Waals surface area contributed by atoms with E-state index in [4.69, 9.17) is 9.15 Å². The SMILES string of the molecule is CCOc1ccc(NC(=O)NC2C[C@H]3CC[C@H](C2)N3Cc2ccco2)cc1. The number of nitrogens with one attached hydrogen (secondary N) is 2. The third-order valence-electron chi connectivity index (χ3n) is 5.56. The number of carbonyl (C=O) groups excluding carboxylic acids is 1. The molecule has 0 unspecified atom stereocenters. The standard InChI is InChI=1S/C21H27N3O3/c1-2-26-19-9-5-15(6-10-19)22-21(25)23-16-12-17-7-8-18(13-16)24(17)14-20-4-3-11-27-20/h3-6,9-11,16-18H,2,7-8,12-14H2,1H3,(H2,22,23,25)/t17-,18-/m1/s1. The van der Waals surface area contributed by atoms with E-state index < -0.39 is 0 Å². The molecule has 2 amide bonds. The number of carbonyl (C=O) groups is 1. The molecular weight excluding hydrogens is 342 g/mol. The van der Waals surface area contributed by atoms with Gasteiger partial charge in [-0.15, -0.1) is 0 Å². The van der Waals surface area contributed by atoms with E-state index in [1.807, 2.05) is 43.3 Å². The first-order valence-electron chi connectivity index (χ1n) is 9.79. The van der Waals surface area contributed by atoms with E-state index in [1.165, 1.54) is 12.8 Å². The van der Waals surface area contributed by atoms with Gasteiger partial charge in [0.1, 0.15) is 11.5 Å². The van der Waals surface area contributed by atoms with E-state index in [2.05, 4.69) is 15.5 Å². The molecule has 2 atom stereocenters. The Kier molecular flexibility index (Phi) is 5.34. The van der Waals surface area contributed by atoms with Crippen LogP contribution in [-0.4, -0.2) is 35.7 Å². The maximum Gasteiger partial charge on any atom is 0.319 e. The first-order chi connectivity index (χ1) is 13.2. The number of piperidine rings is 1. The minimum atomic E-state index is -0.136. The van der Waals surface area contributed by atoms with E-state index in [-0.39, 0.29) is 12.1 Å². The fourth-order valence-corrected chi connectivity index (χ4v) is 4.39. The normalized spacial score (nSPS) is 24.6. The molecule has 2 N–H and O–H groups in total. The summed E-state index contributed by atoms with van der Waals surface area (Å²) in [6.45, 7) is 3.45. The average Bonchev–Trinajstić information content (AvgIpc) is 3.24. The lowest BCUT2D eigenvalue weighted by atomic mass is 9.97. The summed E-state index contributed by atoms with van der Waals surface area (Å²) in [6.07, 6.45) is 6.12. The van der Waals surface area contributed by atoms with Crippen LogP contribution in [0.5, 0.6) is 5.75 Å². The van der Waals surface area contributed by atoms with E-state index in [1.54, 1.807) is 6.26 Å². The summed E-state index contributed by atoms with van der Waals surface area (Å²) in [7, 11) is 0. The molecule has 1 aromatic carbocycles. The minimum Gasteiger partial charge on any atom is -0.494 e. The average molecular weight is 369 g/mol. The van der Waals surface area contributed by atoms with Crippen molar-refractivity contribution < 1.29 is 13.9 Å². The Balaban J connectivity index is 1.28. The Morgan fingerprint density at radius 1 is 1.19 bits per heavy atom. The molecule has 0 radical (unpaired) electrons. The smallest absolute Gasteiger partial charge is 0.319 e. The molecule has 6 nitrogen and oxygen atoms in total. The van der Waals surface area contributed by atoms with E-state index in [0.717, 1.165) is 36.6 Å². The highest BCUT2D eigenvalue weighted by atomic mass is 16.5. The topological polar surface area (TPSA) is 66.7 Å². The number of furan rings is 1. The van der Waals surface area contributed by atoms with Gasteiger partial charge in [-0.05, 0) is 69.0 Å². The van der Waals surface area contributed by atoms with Crippen LogP contribution in [0.15, 0.2) is 47.1 Å². The van der Waals surface area contributed by atoms with Crippen LogP contribution in [0.25, 0.3) is 0 Å². The predicted molar refractivity (Wildman–Crippen MR) is 104 cm³/mol. The number of amides is 2. The van der Waals surface area contributed by atoms with Crippen molar-refractivity contribution in [3.8, 4) is 5.75 Å². The highest BCUT2D eigenvalue weighted by Crippen LogP contribution is 2.36. The molecule has 144 valence electrons. The molecule has 0 saturated carbocycles. The van der Waals surface area contributed by atoms with Crippen LogP contribution in [0.1, 0.15) is 38.4 Å². The summed E-state index contributed by atoms with van der Waals surface area (Å²) >= 11 is 0. The lowest BCUT2D eigenvalue weighted by molar-refractivity contribution is 0.104. The number of fused-ring (bicyclic) bond motifs is 2. The van der Waals surface area contributed by atoms with Gasteiger partial charge < -0.3 is 19.8 Å². The highest BCUT2D eigenvalue weighted by Gasteiger charge is 2.41. The van der Waals surface area contributed by atoms with Gasteiger partial charge in [0.15, 0.2) is 0 Å². The van der Waals surface area contributed by atoms with Gasteiger partial charge in [0, 0.05) is 23.8 Å². The van der Waals surface area contributed by atoms with Crippen molar-refractivity contribution >= 4 is 11.7 Å². The number of hydrogen-bond donors (Lipinski definition) is 2. The molecule has 2 saturated heterocycles. The van der Waals surface area contributed by atoms with Crippen LogP contribution in [-0.2, 0) is 6.54 Å². The molecule has 6 heteroatoms. The van der Waals surface area contributed by atoms with Crippen molar-refractivity contribution in [1.29, 1.82) is 0 Å². The molecule has 27 heavy (non-hydrogen) atoms. The quantitative estimate of drug-likeness (QED) is 0.808. The second kappa shape index (κ2) is 8.05. The summed E-state index contributed by atoms with van der Waals surface area (Å²) in [4.78, 5) is 14.9. The number of rotatable bonds is 6. The maximum absolute atomic E-state index is 12.4. The van der Waals surface area contributed by atoms with E-state index in [9.17, 15) is 4.79 Å². The molecular formula is C21H27N3O3. The lowest BCUT2D eigenvalue weighted by Gasteiger charge is -2.38. The van der Waals surface area contributed by atoms with Crippen LogP contribution in [0.4, 0.5) is 10.5 Å². The zero-order valence-electron chi connectivity index (χ0n) is 15.7. The molecule has 4 rings (SSSR count). The number of anilines is 1. The second-order valence-electron chi connectivity index (χ2n) is 7.36. The molecule has 2 aromatic rings. The van der Waals surface area contributed by atoms with Crippen LogP contribution >= 0.6 is 0 Å². The van der Waals surface area contributed by atoms with Gasteiger partial charge in [-0.1, -0.05) is 0 Å². The summed E-state index contributed by atoms with van der Waals surface area (Å²) in [5, 5.41) is 6.08. The molecule has 2 aliphatic rings. The Morgan fingerprint density at radius 2 is 1.93 bits per heavy atom. The lowest BCUT2D eigenvalue weighted by Crippen LogP contribution is -2.50. The van der Waals surface area contributed by atoms with Crippen LogP contribution < -0.4 is 15.4 Å². The van der Waals surface area contributed by atoms with Gasteiger partial charge in [-0.2, -0.15) is 0 Å². The first kappa shape index (κ1) is 17.9. The number of hydrogen-bond acceptors (Lipinski definition) is 4. The van der Waals surface area contributed by atoms with Gasteiger partial charge in [0.05, 0.1) is 19.4 Å². The first-order valence-corrected chi connectivity index (χ1v) is 9.79. The molecule has 0 aliphatic carbocycles. The fourth-order valence-electron chi connectivity index (χ4n) is 4.39. The Morgan fingerprint density at radius 3 is 2.56 bits per heavy atom. The van der Waals surface area contributed by atoms with Crippen molar-refractivity contribution in [3.05, 3.63) is 48.4 Å². The summed E-state index contributed by atoms with van der Waals surface area (Å²) < 4.78 is 10.9. The Bertz CT molecular complexity index is 731. The number of urea groups is 1. The molecule has 2 fully saturated rings. The third kappa shape index (κ3) is 4.27. The van der Waals surface area contributed by atoms with Crippen molar-refractivity contribution in [1.82, 2.24) is 10.2 Å². The van der Waals surface area contributed by atoms with Crippen LogP contribution in [0, 0.1) is 0 Å². The maximum atomic E-state index is 12.4. The fraction of sp³-hybridized carbons (Fsp3) is 0.476. The molecule has 2 bridgehead atoms. The van der Waals surface area contributed by atoms with Gasteiger partial charge in [-0.25, -0.2) is 4.79 Å². The monoisotopic (exact) mass is 369 g/mol. The number of nitrogens with zero attached hydrogens (tertiary/aromatic N) is 1. The summed E-state index contributed by atoms with van der Waals surface area (Å²) in [6, 6.07) is 12.6. The third-order valence-corrected chi connectivity index (χ3v) is 5.56. The van der Waals surface area contributed by atoms with Gasteiger partial charge >= 0.3 is 6.03 Å². The van der Waals surface area contributed by atoms with Crippen molar-refractivity contribution in [2.75, 3.05) is 11.9 Å².